The molecule has 0 aromatic rings. The largest absolute Gasteiger partial charge is 0.341 e. The van der Waals surface area contributed by atoms with Gasteiger partial charge in [0, 0.05) is 20.1 Å². The highest BCUT2D eigenvalue weighted by molar-refractivity contribution is 7.92. The molecule has 6 nitrogen and oxygen atoms in total. The topological polar surface area (TPSA) is 74.8 Å². The molecule has 0 unspecified atom stereocenters. The standard InChI is InChI=1S/C17H28N2O4S/c1-3-16(20)18(2)13-17(21)19-11-9-15(10-12-19)24(22,23)14-7-5-4-6-8-14/h3,14-15H,1,4-13H2,2H3. The Morgan fingerprint density at radius 1 is 1.08 bits per heavy atom. The first-order chi connectivity index (χ1) is 11.4. The fraction of sp³-hybridized carbons (Fsp3) is 0.765. The Kier molecular flexibility index (Phi) is 6.43. The maximum absolute atomic E-state index is 12.8. The fourth-order valence-corrected chi connectivity index (χ4v) is 6.04. The Balaban J connectivity index is 1.87. The number of carbonyl (C=O) groups excluding carboxylic acids is 2. The van der Waals surface area contributed by atoms with Gasteiger partial charge in [0.25, 0.3) is 0 Å². The summed E-state index contributed by atoms with van der Waals surface area (Å²) >= 11 is 0. The van der Waals surface area contributed by atoms with Crippen LogP contribution in [-0.2, 0) is 19.4 Å². The summed E-state index contributed by atoms with van der Waals surface area (Å²) in [7, 11) is -1.53. The van der Waals surface area contributed by atoms with Crippen molar-refractivity contribution in [2.75, 3.05) is 26.7 Å². The van der Waals surface area contributed by atoms with Gasteiger partial charge >= 0.3 is 0 Å². The van der Waals surface area contributed by atoms with Gasteiger partial charge in [-0.2, -0.15) is 0 Å². The lowest BCUT2D eigenvalue weighted by Crippen LogP contribution is -2.48. The van der Waals surface area contributed by atoms with Crippen LogP contribution in [0.3, 0.4) is 0 Å². The predicted octanol–water partition coefficient (Wildman–Crippen LogP) is 1.37. The summed E-state index contributed by atoms with van der Waals surface area (Å²) in [4.78, 5) is 26.7. The van der Waals surface area contributed by atoms with Crippen molar-refractivity contribution >= 4 is 21.7 Å². The van der Waals surface area contributed by atoms with Gasteiger partial charge in [0.1, 0.15) is 0 Å². The van der Waals surface area contributed by atoms with Crippen LogP contribution >= 0.6 is 0 Å². The van der Waals surface area contributed by atoms with Crippen LogP contribution in [0, 0.1) is 0 Å². The molecule has 0 spiro atoms. The van der Waals surface area contributed by atoms with Crippen molar-refractivity contribution in [1.82, 2.24) is 9.80 Å². The Bertz CT molecular complexity index is 573. The quantitative estimate of drug-likeness (QED) is 0.697. The van der Waals surface area contributed by atoms with Gasteiger partial charge in [-0.25, -0.2) is 8.42 Å². The van der Waals surface area contributed by atoms with E-state index in [2.05, 4.69) is 6.58 Å². The average Bonchev–Trinajstić information content (AvgIpc) is 2.61. The number of carbonyl (C=O) groups is 2. The van der Waals surface area contributed by atoms with Gasteiger partial charge in [-0.3, -0.25) is 9.59 Å². The van der Waals surface area contributed by atoms with Crippen molar-refractivity contribution < 1.29 is 18.0 Å². The third-order valence-electron chi connectivity index (χ3n) is 5.20. The number of sulfone groups is 1. The molecule has 2 rings (SSSR count). The SMILES string of the molecule is C=CC(=O)N(C)CC(=O)N1CCC(S(=O)(=O)C2CCCCC2)CC1. The van der Waals surface area contributed by atoms with Crippen LogP contribution in [0.4, 0.5) is 0 Å². The predicted molar refractivity (Wildman–Crippen MR) is 93.2 cm³/mol. The van der Waals surface area contributed by atoms with Crippen molar-refractivity contribution in [3.8, 4) is 0 Å². The van der Waals surface area contributed by atoms with Crippen molar-refractivity contribution in [3.05, 3.63) is 12.7 Å². The highest BCUT2D eigenvalue weighted by Gasteiger charge is 2.37. The van der Waals surface area contributed by atoms with Crippen molar-refractivity contribution in [3.63, 3.8) is 0 Å². The van der Waals surface area contributed by atoms with Gasteiger partial charge in [-0.1, -0.05) is 25.8 Å². The number of likely N-dealkylation sites (tertiary alicyclic amines) is 1. The minimum atomic E-state index is -3.09. The molecule has 1 saturated heterocycles. The summed E-state index contributed by atoms with van der Waals surface area (Å²) in [5.74, 6) is -0.431. The highest BCUT2D eigenvalue weighted by Crippen LogP contribution is 2.30. The van der Waals surface area contributed by atoms with Gasteiger partial charge in [-0.15, -0.1) is 0 Å². The molecule has 1 heterocycles. The van der Waals surface area contributed by atoms with Gasteiger partial charge < -0.3 is 9.80 Å². The van der Waals surface area contributed by atoms with Gasteiger partial charge in [0.15, 0.2) is 9.84 Å². The zero-order valence-corrected chi connectivity index (χ0v) is 15.3. The number of hydrogen-bond donors (Lipinski definition) is 0. The summed E-state index contributed by atoms with van der Waals surface area (Å²) in [5, 5.41) is -0.507. The number of amides is 2. The molecule has 0 atom stereocenters. The van der Waals surface area contributed by atoms with Crippen LogP contribution in [0.5, 0.6) is 0 Å². The second kappa shape index (κ2) is 8.14. The Hall–Kier alpha value is -1.37. The molecule has 0 aromatic heterocycles. The summed E-state index contributed by atoms with van der Waals surface area (Å²) in [6, 6.07) is 0. The Morgan fingerprint density at radius 3 is 2.17 bits per heavy atom. The van der Waals surface area contributed by atoms with E-state index < -0.39 is 9.84 Å². The van der Waals surface area contributed by atoms with E-state index in [1.165, 1.54) is 11.0 Å². The second-order valence-corrected chi connectivity index (χ2v) is 9.34. The maximum atomic E-state index is 12.8. The number of nitrogens with zero attached hydrogens (tertiary/aromatic N) is 2. The first kappa shape index (κ1) is 19.0. The third-order valence-corrected chi connectivity index (χ3v) is 8.00. The Morgan fingerprint density at radius 2 is 1.62 bits per heavy atom. The molecule has 1 saturated carbocycles. The molecule has 0 N–H and O–H groups in total. The van der Waals surface area contributed by atoms with E-state index in [9.17, 15) is 18.0 Å². The van der Waals surface area contributed by atoms with E-state index in [0.717, 1.165) is 32.1 Å². The Labute approximate surface area is 144 Å². The molecule has 7 heteroatoms. The van der Waals surface area contributed by atoms with Crippen LogP contribution in [0.2, 0.25) is 0 Å². The third kappa shape index (κ3) is 4.37. The number of rotatable bonds is 5. The summed E-state index contributed by atoms with van der Waals surface area (Å²) in [6.07, 6.45) is 6.90. The van der Waals surface area contributed by atoms with Crippen molar-refractivity contribution in [1.29, 1.82) is 0 Å². The summed E-state index contributed by atoms with van der Waals surface area (Å²) in [5.41, 5.74) is 0. The van der Waals surface area contributed by atoms with E-state index in [1.54, 1.807) is 11.9 Å². The zero-order valence-electron chi connectivity index (χ0n) is 14.4. The fourth-order valence-electron chi connectivity index (χ4n) is 3.64. The molecule has 136 valence electrons. The minimum absolute atomic E-state index is 0.00486. The van der Waals surface area contributed by atoms with Crippen LogP contribution in [0.25, 0.3) is 0 Å². The highest BCUT2D eigenvalue weighted by atomic mass is 32.2. The van der Waals surface area contributed by atoms with E-state index >= 15 is 0 Å². The molecule has 0 radical (unpaired) electrons. The van der Waals surface area contributed by atoms with Crippen LogP contribution in [-0.4, -0.2) is 67.2 Å². The molecule has 0 bridgehead atoms. The number of hydrogen-bond acceptors (Lipinski definition) is 4. The number of likely N-dealkylation sites (N-methyl/N-ethyl adjacent to an activating group) is 1. The van der Waals surface area contributed by atoms with Crippen LogP contribution in [0.1, 0.15) is 44.9 Å². The lowest BCUT2D eigenvalue weighted by atomic mass is 10.0. The molecule has 2 fully saturated rings. The first-order valence-electron chi connectivity index (χ1n) is 8.74. The van der Waals surface area contributed by atoms with Crippen molar-refractivity contribution in [2.24, 2.45) is 0 Å². The van der Waals surface area contributed by atoms with Gasteiger partial charge in [0.05, 0.1) is 17.0 Å². The second-order valence-electron chi connectivity index (χ2n) is 6.83. The van der Waals surface area contributed by atoms with E-state index in [1.807, 2.05) is 0 Å². The molecule has 1 aliphatic carbocycles. The van der Waals surface area contributed by atoms with Gasteiger partial charge in [0.2, 0.25) is 11.8 Å². The molecule has 2 amide bonds. The van der Waals surface area contributed by atoms with Crippen LogP contribution in [0.15, 0.2) is 12.7 Å². The number of piperidine rings is 1. The molecular weight excluding hydrogens is 328 g/mol. The van der Waals surface area contributed by atoms with E-state index in [4.69, 9.17) is 0 Å². The monoisotopic (exact) mass is 356 g/mol. The maximum Gasteiger partial charge on any atom is 0.246 e. The smallest absolute Gasteiger partial charge is 0.246 e. The van der Waals surface area contributed by atoms with E-state index in [0.29, 0.717) is 25.9 Å². The first-order valence-corrected chi connectivity index (χ1v) is 10.3. The van der Waals surface area contributed by atoms with E-state index in [-0.39, 0.29) is 28.9 Å². The lowest BCUT2D eigenvalue weighted by Gasteiger charge is -2.35. The van der Waals surface area contributed by atoms with Crippen molar-refractivity contribution in [2.45, 2.75) is 55.4 Å². The van der Waals surface area contributed by atoms with Gasteiger partial charge in [-0.05, 0) is 31.8 Å². The molecule has 24 heavy (non-hydrogen) atoms. The normalized spacial score (nSPS) is 20.6. The molecule has 0 aromatic carbocycles. The average molecular weight is 356 g/mol. The van der Waals surface area contributed by atoms with Crippen LogP contribution < -0.4 is 0 Å². The lowest BCUT2D eigenvalue weighted by molar-refractivity contribution is -0.137. The minimum Gasteiger partial charge on any atom is -0.341 e. The molecule has 2 aliphatic rings. The summed E-state index contributed by atoms with van der Waals surface area (Å²) in [6.45, 7) is 4.30. The zero-order chi connectivity index (χ0) is 17.7. The molecule has 1 aliphatic heterocycles. The summed E-state index contributed by atoms with van der Waals surface area (Å²) < 4.78 is 25.5. The molecular formula is C17H28N2O4S.